The van der Waals surface area contributed by atoms with Crippen LogP contribution < -0.4 is 11.1 Å². The van der Waals surface area contributed by atoms with Gasteiger partial charge in [-0.05, 0) is 37.7 Å². The van der Waals surface area contributed by atoms with Crippen LogP contribution >= 0.6 is 23.8 Å². The average Bonchev–Trinajstić information content (AvgIpc) is 2.72. The molecule has 0 saturated carbocycles. The van der Waals surface area contributed by atoms with E-state index < -0.39 is 23.8 Å². The number of carbonyl (C=O) groups excluding carboxylic acids is 2. The highest BCUT2D eigenvalue weighted by molar-refractivity contribution is 7.80. The molecule has 1 aliphatic rings. The molecule has 10 heteroatoms. The number of benzene rings is 1. The molecule has 0 bridgehead atoms. The van der Waals surface area contributed by atoms with Crippen molar-refractivity contribution in [2.24, 2.45) is 16.6 Å². The van der Waals surface area contributed by atoms with E-state index in [1.54, 1.807) is 38.1 Å². The van der Waals surface area contributed by atoms with Crippen molar-refractivity contribution in [2.75, 3.05) is 33.5 Å². The van der Waals surface area contributed by atoms with Gasteiger partial charge in [0, 0.05) is 23.2 Å². The van der Waals surface area contributed by atoms with Gasteiger partial charge in [0.15, 0.2) is 5.11 Å². The number of thiocarbonyl (C=S) groups is 1. The Kier molecular flexibility index (Phi) is 9.42. The molecule has 0 saturated heterocycles. The quantitative estimate of drug-likeness (QED) is 0.323. The Balaban J connectivity index is 2.52. The van der Waals surface area contributed by atoms with Gasteiger partial charge in [0.2, 0.25) is 0 Å². The van der Waals surface area contributed by atoms with Gasteiger partial charge in [0.25, 0.3) is 0 Å². The van der Waals surface area contributed by atoms with Crippen molar-refractivity contribution in [2.45, 2.75) is 19.8 Å². The molecular weight excluding hydrogens is 442 g/mol. The molecular formula is C21H26ClN3O5S. The zero-order valence-electron chi connectivity index (χ0n) is 17.6. The molecule has 168 valence electrons. The van der Waals surface area contributed by atoms with Crippen LogP contribution in [0.15, 0.2) is 40.5 Å². The number of nitrogens with one attached hydrogen (secondary N) is 1. The van der Waals surface area contributed by atoms with Gasteiger partial charge in [-0.15, -0.1) is 0 Å². The molecule has 31 heavy (non-hydrogen) atoms. The molecule has 0 aromatic heterocycles. The first-order valence-electron chi connectivity index (χ1n) is 9.70. The lowest BCUT2D eigenvalue weighted by Gasteiger charge is -2.32. The van der Waals surface area contributed by atoms with E-state index in [1.165, 1.54) is 7.11 Å². The van der Waals surface area contributed by atoms with Crippen molar-refractivity contribution in [3.8, 4) is 0 Å². The molecule has 0 radical (unpaired) electrons. The van der Waals surface area contributed by atoms with Gasteiger partial charge in [-0.25, -0.2) is 4.79 Å². The number of ether oxygens (including phenoxy) is 3. The van der Waals surface area contributed by atoms with Crippen LogP contribution in [0.25, 0.3) is 0 Å². The van der Waals surface area contributed by atoms with Gasteiger partial charge in [0.1, 0.15) is 5.92 Å². The predicted molar refractivity (Wildman–Crippen MR) is 122 cm³/mol. The number of halogens is 1. The summed E-state index contributed by atoms with van der Waals surface area (Å²) in [6.45, 7) is 4.29. The van der Waals surface area contributed by atoms with E-state index in [-0.39, 0.29) is 30.5 Å². The van der Waals surface area contributed by atoms with Gasteiger partial charge >= 0.3 is 11.9 Å². The number of nitrogens with zero attached hydrogens (tertiary/aromatic N) is 1. The lowest BCUT2D eigenvalue weighted by molar-refractivity contribution is -0.144. The summed E-state index contributed by atoms with van der Waals surface area (Å²) in [4.78, 5) is 30.2. The van der Waals surface area contributed by atoms with Crippen molar-refractivity contribution >= 4 is 46.6 Å². The molecule has 3 N–H and O–H groups in total. The summed E-state index contributed by atoms with van der Waals surface area (Å²) in [5.74, 6) is -2.67. The standard InChI is InChI=1S/C21H26ClN3O5S/c1-4-30-20(27)18-15(11-29-10-9-24-21(23)31)25-12(2)16(19(26)28-3)17(18)13-7-5-6-8-14(13)22/h5-8,16-17H,4,9-11H2,1-3H3,(H3,23,24,31). The highest BCUT2D eigenvalue weighted by Gasteiger charge is 2.43. The molecule has 2 atom stereocenters. The van der Waals surface area contributed by atoms with E-state index in [0.717, 1.165) is 0 Å². The van der Waals surface area contributed by atoms with Crippen LogP contribution in [0.2, 0.25) is 5.02 Å². The Morgan fingerprint density at radius 2 is 2.03 bits per heavy atom. The highest BCUT2D eigenvalue weighted by atomic mass is 35.5. The van der Waals surface area contributed by atoms with E-state index in [2.05, 4.69) is 10.3 Å². The third-order valence-corrected chi connectivity index (χ3v) is 5.18. The molecule has 0 fully saturated rings. The Morgan fingerprint density at radius 1 is 1.32 bits per heavy atom. The largest absolute Gasteiger partial charge is 0.468 e. The van der Waals surface area contributed by atoms with Crippen LogP contribution in [0.5, 0.6) is 0 Å². The van der Waals surface area contributed by atoms with E-state index >= 15 is 0 Å². The van der Waals surface area contributed by atoms with E-state index in [1.807, 2.05) is 0 Å². The molecule has 8 nitrogen and oxygen atoms in total. The second kappa shape index (κ2) is 11.8. The predicted octanol–water partition coefficient (Wildman–Crippen LogP) is 2.35. The molecule has 0 spiro atoms. The van der Waals surface area contributed by atoms with E-state index in [4.69, 9.17) is 43.8 Å². The summed E-state index contributed by atoms with van der Waals surface area (Å²) in [7, 11) is 1.29. The first-order valence-corrected chi connectivity index (χ1v) is 10.5. The third-order valence-electron chi connectivity index (χ3n) is 4.69. The first kappa shape index (κ1) is 24.8. The van der Waals surface area contributed by atoms with E-state index in [0.29, 0.717) is 28.5 Å². The molecule has 1 aromatic rings. The fraction of sp³-hybridized carbons (Fsp3) is 0.429. The highest BCUT2D eigenvalue weighted by Crippen LogP contribution is 2.42. The van der Waals surface area contributed by atoms with Crippen LogP contribution in [0.3, 0.4) is 0 Å². The maximum atomic E-state index is 13.0. The smallest absolute Gasteiger partial charge is 0.336 e. The minimum absolute atomic E-state index is 0.0271. The van der Waals surface area contributed by atoms with Crippen LogP contribution in [-0.4, -0.2) is 56.2 Å². The molecule has 1 heterocycles. The molecule has 0 amide bonds. The number of rotatable bonds is 9. The first-order chi connectivity index (χ1) is 14.8. The fourth-order valence-corrected chi connectivity index (χ4v) is 3.76. The number of esters is 2. The molecule has 1 aromatic carbocycles. The Labute approximate surface area is 191 Å². The lowest BCUT2D eigenvalue weighted by atomic mass is 9.75. The van der Waals surface area contributed by atoms with E-state index in [9.17, 15) is 9.59 Å². The van der Waals surface area contributed by atoms with Crippen LogP contribution in [0.4, 0.5) is 0 Å². The number of hydrogen-bond donors (Lipinski definition) is 2. The Hall–Kier alpha value is -2.49. The van der Waals surface area contributed by atoms with Gasteiger partial charge in [0.05, 0.1) is 38.2 Å². The van der Waals surface area contributed by atoms with Gasteiger partial charge in [-0.2, -0.15) is 0 Å². The lowest BCUT2D eigenvalue weighted by Crippen LogP contribution is -2.37. The van der Waals surface area contributed by atoms with Gasteiger partial charge in [-0.3, -0.25) is 9.79 Å². The molecule has 1 aliphatic heterocycles. The van der Waals surface area contributed by atoms with Crippen LogP contribution in [0.1, 0.15) is 25.3 Å². The minimum Gasteiger partial charge on any atom is -0.468 e. The number of nitrogens with two attached hydrogens (primary N) is 1. The topological polar surface area (TPSA) is 112 Å². The molecule has 2 rings (SSSR count). The Bertz CT molecular complexity index is 903. The summed E-state index contributed by atoms with van der Waals surface area (Å²) in [5, 5.41) is 3.36. The summed E-state index contributed by atoms with van der Waals surface area (Å²) < 4.78 is 16.0. The van der Waals surface area contributed by atoms with Crippen LogP contribution in [0, 0.1) is 5.92 Å². The van der Waals surface area contributed by atoms with Crippen LogP contribution in [-0.2, 0) is 23.8 Å². The summed E-state index contributed by atoms with van der Waals surface area (Å²) in [5.41, 5.74) is 7.08. The Morgan fingerprint density at radius 3 is 2.65 bits per heavy atom. The summed E-state index contributed by atoms with van der Waals surface area (Å²) >= 11 is 11.2. The fourth-order valence-electron chi connectivity index (χ4n) is 3.40. The number of aliphatic imine (C=N–C) groups is 1. The second-order valence-corrected chi connectivity index (χ2v) is 7.52. The maximum absolute atomic E-state index is 13.0. The zero-order valence-corrected chi connectivity index (χ0v) is 19.2. The normalized spacial score (nSPS) is 18.3. The third kappa shape index (κ3) is 6.25. The zero-order chi connectivity index (χ0) is 23.0. The monoisotopic (exact) mass is 467 g/mol. The van der Waals surface area contributed by atoms with Gasteiger partial charge in [-0.1, -0.05) is 29.8 Å². The summed E-state index contributed by atoms with van der Waals surface area (Å²) in [6, 6.07) is 7.03. The number of carbonyl (C=O) groups is 2. The number of hydrogen-bond acceptors (Lipinski definition) is 7. The van der Waals surface area contributed by atoms with Crippen molar-refractivity contribution in [3.63, 3.8) is 0 Å². The SMILES string of the molecule is CCOC(=O)C1=C(COCCNC(N)=S)N=C(C)C(C(=O)OC)C1c1ccccc1Cl. The van der Waals surface area contributed by atoms with Gasteiger partial charge < -0.3 is 25.3 Å². The summed E-state index contributed by atoms with van der Waals surface area (Å²) in [6.07, 6.45) is 0. The number of methoxy groups -OCH3 is 1. The maximum Gasteiger partial charge on any atom is 0.336 e. The van der Waals surface area contributed by atoms with Crippen molar-refractivity contribution in [1.82, 2.24) is 5.32 Å². The van der Waals surface area contributed by atoms with Crippen molar-refractivity contribution in [3.05, 3.63) is 46.1 Å². The minimum atomic E-state index is -0.829. The molecule has 2 unspecified atom stereocenters. The molecule has 0 aliphatic carbocycles. The average molecular weight is 468 g/mol. The second-order valence-electron chi connectivity index (χ2n) is 6.68. The van der Waals surface area contributed by atoms with Crippen molar-refractivity contribution < 1.29 is 23.8 Å². The van der Waals surface area contributed by atoms with Crippen molar-refractivity contribution in [1.29, 1.82) is 0 Å².